The Balaban J connectivity index is 2.61. The number of hydrogen-bond acceptors (Lipinski definition) is 0. The Kier molecular flexibility index (Phi) is 2.12. The van der Waals surface area contributed by atoms with Gasteiger partial charge in [0.25, 0.3) is 0 Å². The van der Waals surface area contributed by atoms with Crippen LogP contribution in [-0.2, 0) is 7.05 Å². The van der Waals surface area contributed by atoms with Gasteiger partial charge in [-0.3, -0.25) is 0 Å². The van der Waals surface area contributed by atoms with E-state index in [2.05, 4.69) is 49.1 Å². The number of hydrogen-bond donors (Lipinski definition) is 0. The molecule has 1 aromatic heterocycles. The second kappa shape index (κ2) is 3.29. The molecule has 0 N–H and O–H groups in total. The van der Waals surface area contributed by atoms with Crippen LogP contribution in [0.2, 0.25) is 0 Å². The minimum absolute atomic E-state index is 1.29. The first kappa shape index (κ1) is 9.00. The van der Waals surface area contributed by atoms with Gasteiger partial charge in [-0.25, -0.2) is 9.13 Å². The lowest BCUT2D eigenvalue weighted by Gasteiger charge is -2.04. The monoisotopic (exact) mass is 187 g/mol. The molecule has 0 saturated carbocycles. The van der Waals surface area contributed by atoms with Gasteiger partial charge in [-0.1, -0.05) is 18.2 Å². The molecule has 1 aromatic carbocycles. The molecule has 2 nitrogen and oxygen atoms in total. The molecule has 1 heterocycles. The van der Waals surface area contributed by atoms with Gasteiger partial charge in [0.05, 0.1) is 7.05 Å². The first-order valence-corrected chi connectivity index (χ1v) is 4.78. The minimum atomic E-state index is 1.29. The van der Waals surface area contributed by atoms with Crippen molar-refractivity contribution in [2.75, 3.05) is 0 Å². The molecule has 2 rings (SSSR count). The van der Waals surface area contributed by atoms with Gasteiger partial charge in [-0.15, -0.1) is 0 Å². The lowest BCUT2D eigenvalue weighted by molar-refractivity contribution is -0.670. The van der Waals surface area contributed by atoms with Crippen LogP contribution >= 0.6 is 0 Å². The van der Waals surface area contributed by atoms with E-state index in [9.17, 15) is 0 Å². The standard InChI is InChI=1S/C12H15N2/c1-10-5-4-6-11(2)12(10)14-8-7-13(3)9-14/h4-9H,1-3H3/q+1. The van der Waals surface area contributed by atoms with Gasteiger partial charge in [-0.2, -0.15) is 0 Å². The summed E-state index contributed by atoms with van der Waals surface area (Å²) in [7, 11) is 2.03. The van der Waals surface area contributed by atoms with Crippen LogP contribution in [0.25, 0.3) is 5.69 Å². The molecule has 0 bridgehead atoms. The van der Waals surface area contributed by atoms with Gasteiger partial charge in [-0.05, 0) is 25.0 Å². The highest BCUT2D eigenvalue weighted by Crippen LogP contribution is 2.17. The highest BCUT2D eigenvalue weighted by atomic mass is 15.1. The fraction of sp³-hybridized carbons (Fsp3) is 0.250. The normalized spacial score (nSPS) is 10.5. The van der Waals surface area contributed by atoms with E-state index in [1.807, 2.05) is 17.8 Å². The van der Waals surface area contributed by atoms with Crippen LogP contribution < -0.4 is 4.57 Å². The molecule has 0 spiro atoms. The van der Waals surface area contributed by atoms with Crippen LogP contribution in [0, 0.1) is 13.8 Å². The van der Waals surface area contributed by atoms with Gasteiger partial charge in [0, 0.05) is 0 Å². The lowest BCUT2D eigenvalue weighted by Crippen LogP contribution is -2.23. The Hall–Kier alpha value is -1.57. The molecule has 0 aliphatic rings. The summed E-state index contributed by atoms with van der Waals surface area (Å²) in [4.78, 5) is 0. The lowest BCUT2D eigenvalue weighted by atomic mass is 10.1. The van der Waals surface area contributed by atoms with Crippen molar-refractivity contribution in [3.8, 4) is 5.69 Å². The molecule has 2 aromatic rings. The van der Waals surface area contributed by atoms with Crippen LogP contribution in [0.15, 0.2) is 36.9 Å². The smallest absolute Gasteiger partial charge is 0.239 e. The quantitative estimate of drug-likeness (QED) is 0.603. The van der Waals surface area contributed by atoms with E-state index in [4.69, 9.17) is 0 Å². The van der Waals surface area contributed by atoms with E-state index in [0.717, 1.165) is 0 Å². The largest absolute Gasteiger partial charge is 0.248 e. The Labute approximate surface area is 84.4 Å². The van der Waals surface area contributed by atoms with E-state index < -0.39 is 0 Å². The van der Waals surface area contributed by atoms with E-state index in [0.29, 0.717) is 0 Å². The predicted octanol–water partition coefficient (Wildman–Crippen LogP) is 1.92. The highest BCUT2D eigenvalue weighted by Gasteiger charge is 2.09. The van der Waals surface area contributed by atoms with Crippen molar-refractivity contribution >= 4 is 0 Å². The summed E-state index contributed by atoms with van der Waals surface area (Å²) in [6, 6.07) is 6.38. The van der Waals surface area contributed by atoms with Crippen molar-refractivity contribution in [3.63, 3.8) is 0 Å². The van der Waals surface area contributed by atoms with Gasteiger partial charge in [0.2, 0.25) is 6.33 Å². The van der Waals surface area contributed by atoms with E-state index in [1.165, 1.54) is 16.8 Å². The Morgan fingerprint density at radius 2 is 1.79 bits per heavy atom. The number of benzene rings is 1. The second-order valence-corrected chi connectivity index (χ2v) is 3.73. The number of aromatic nitrogens is 2. The van der Waals surface area contributed by atoms with Crippen molar-refractivity contribution in [1.82, 2.24) is 4.57 Å². The molecule has 72 valence electrons. The summed E-state index contributed by atoms with van der Waals surface area (Å²) < 4.78 is 4.20. The third-order valence-electron chi connectivity index (χ3n) is 2.47. The van der Waals surface area contributed by atoms with Gasteiger partial charge in [0.15, 0.2) is 0 Å². The first-order chi connectivity index (χ1) is 6.68. The summed E-state index contributed by atoms with van der Waals surface area (Å²) in [5.74, 6) is 0. The molecule has 0 radical (unpaired) electrons. The molecule has 0 unspecified atom stereocenters. The average Bonchev–Trinajstić information content (AvgIpc) is 2.51. The summed E-state index contributed by atoms with van der Waals surface area (Å²) in [5, 5.41) is 0. The van der Waals surface area contributed by atoms with Crippen molar-refractivity contribution in [1.29, 1.82) is 0 Å². The maximum Gasteiger partial charge on any atom is 0.248 e. The molecule has 0 aliphatic carbocycles. The van der Waals surface area contributed by atoms with Gasteiger partial charge >= 0.3 is 0 Å². The highest BCUT2D eigenvalue weighted by molar-refractivity contribution is 5.46. The average molecular weight is 187 g/mol. The number of para-hydroxylation sites is 1. The maximum atomic E-state index is 2.16. The molecule has 0 aliphatic heterocycles. The number of aryl methyl sites for hydroxylation is 3. The molecule has 0 atom stereocenters. The molecule has 0 amide bonds. The molecular weight excluding hydrogens is 172 g/mol. The predicted molar refractivity (Wildman–Crippen MR) is 56.4 cm³/mol. The molecule has 2 heteroatoms. The SMILES string of the molecule is Cc1cccc(C)c1-n1cc[n+](C)c1. The zero-order valence-corrected chi connectivity index (χ0v) is 8.86. The zero-order valence-electron chi connectivity index (χ0n) is 8.86. The van der Waals surface area contributed by atoms with Crippen LogP contribution in [0.1, 0.15) is 11.1 Å². The molecule has 0 fully saturated rings. The molecule has 14 heavy (non-hydrogen) atoms. The third-order valence-corrected chi connectivity index (χ3v) is 2.47. The molecular formula is C12H15N2+. The summed E-state index contributed by atoms with van der Waals surface area (Å²) >= 11 is 0. The first-order valence-electron chi connectivity index (χ1n) is 4.78. The second-order valence-electron chi connectivity index (χ2n) is 3.73. The summed E-state index contributed by atoms with van der Waals surface area (Å²) in [5.41, 5.74) is 3.90. The fourth-order valence-electron chi connectivity index (χ4n) is 1.80. The van der Waals surface area contributed by atoms with Crippen LogP contribution in [0.5, 0.6) is 0 Å². The van der Waals surface area contributed by atoms with Gasteiger partial charge in [0.1, 0.15) is 18.1 Å². The third kappa shape index (κ3) is 1.43. The maximum absolute atomic E-state index is 2.16. The minimum Gasteiger partial charge on any atom is -0.239 e. The van der Waals surface area contributed by atoms with Crippen molar-refractivity contribution < 1.29 is 4.57 Å². The van der Waals surface area contributed by atoms with Crippen molar-refractivity contribution in [2.45, 2.75) is 13.8 Å². The van der Waals surface area contributed by atoms with Gasteiger partial charge < -0.3 is 0 Å². The Bertz CT molecular complexity index is 435. The number of imidazole rings is 1. The van der Waals surface area contributed by atoms with Crippen molar-refractivity contribution in [3.05, 3.63) is 48.0 Å². The fourth-order valence-corrected chi connectivity index (χ4v) is 1.80. The summed E-state index contributed by atoms with van der Waals surface area (Å²) in [6.45, 7) is 4.28. The van der Waals surface area contributed by atoms with E-state index in [-0.39, 0.29) is 0 Å². The van der Waals surface area contributed by atoms with Crippen LogP contribution in [-0.4, -0.2) is 4.57 Å². The van der Waals surface area contributed by atoms with Crippen LogP contribution in [0.3, 0.4) is 0 Å². The van der Waals surface area contributed by atoms with Crippen molar-refractivity contribution in [2.24, 2.45) is 7.05 Å². The van der Waals surface area contributed by atoms with Crippen LogP contribution in [0.4, 0.5) is 0 Å². The topological polar surface area (TPSA) is 8.81 Å². The Morgan fingerprint density at radius 3 is 2.29 bits per heavy atom. The molecule has 0 saturated heterocycles. The number of rotatable bonds is 1. The number of nitrogens with zero attached hydrogens (tertiary/aromatic N) is 2. The van der Waals surface area contributed by atoms with E-state index in [1.54, 1.807) is 0 Å². The van der Waals surface area contributed by atoms with E-state index >= 15 is 0 Å². The zero-order chi connectivity index (χ0) is 10.1. The Morgan fingerprint density at radius 1 is 1.14 bits per heavy atom. The summed E-state index contributed by atoms with van der Waals surface area (Å²) in [6.07, 6.45) is 6.20.